The second-order valence-corrected chi connectivity index (χ2v) is 5.12. The van der Waals surface area contributed by atoms with Crippen LogP contribution in [0.3, 0.4) is 0 Å². The monoisotopic (exact) mass is 244 g/mol. The summed E-state index contributed by atoms with van der Waals surface area (Å²) in [5.41, 5.74) is 2.36. The van der Waals surface area contributed by atoms with E-state index in [1.54, 1.807) is 18.3 Å². The second kappa shape index (κ2) is 5.28. The third-order valence-electron chi connectivity index (χ3n) is 3.17. The molecule has 2 atom stereocenters. The summed E-state index contributed by atoms with van der Waals surface area (Å²) in [5.74, 6) is 0.437. The third-order valence-corrected chi connectivity index (χ3v) is 3.87. The molecule has 0 fully saturated rings. The number of rotatable bonds is 4. The van der Waals surface area contributed by atoms with Gasteiger partial charge in [0, 0.05) is 5.92 Å². The van der Waals surface area contributed by atoms with Crippen molar-refractivity contribution in [2.45, 2.75) is 25.7 Å². The molecular formula is C15H16OS. The summed E-state index contributed by atoms with van der Waals surface area (Å²) in [5, 5.41) is 4.11. The van der Waals surface area contributed by atoms with E-state index in [-0.39, 0.29) is 17.6 Å². The predicted octanol–water partition coefficient (Wildman–Crippen LogP) is 4.22. The molecule has 0 aliphatic heterocycles. The lowest BCUT2D eigenvalue weighted by Crippen LogP contribution is -2.15. The molecule has 0 aliphatic carbocycles. The molecule has 0 spiro atoms. The van der Waals surface area contributed by atoms with Crippen molar-refractivity contribution in [1.29, 1.82) is 0 Å². The molecule has 17 heavy (non-hydrogen) atoms. The largest absolute Gasteiger partial charge is 0.299 e. The summed E-state index contributed by atoms with van der Waals surface area (Å²) in [4.78, 5) is 11.9. The molecule has 1 heterocycles. The third kappa shape index (κ3) is 2.64. The fourth-order valence-corrected chi connectivity index (χ4v) is 2.97. The molecule has 88 valence electrons. The lowest BCUT2D eigenvalue weighted by atomic mass is 9.81. The first-order chi connectivity index (χ1) is 8.20. The van der Waals surface area contributed by atoms with E-state index in [0.29, 0.717) is 0 Å². The van der Waals surface area contributed by atoms with Crippen molar-refractivity contribution in [3.05, 3.63) is 58.3 Å². The molecule has 0 N–H and O–H groups in total. The summed E-state index contributed by atoms with van der Waals surface area (Å²) in [6.45, 7) is 3.81. The molecule has 2 aromatic rings. The minimum Gasteiger partial charge on any atom is -0.299 e. The zero-order valence-electron chi connectivity index (χ0n) is 10.1. The maximum Gasteiger partial charge on any atom is 0.137 e. The summed E-state index contributed by atoms with van der Waals surface area (Å²) >= 11 is 1.65. The number of carbonyl (C=O) groups excluding carboxylic acids is 1. The van der Waals surface area contributed by atoms with Crippen LogP contribution in [-0.2, 0) is 4.79 Å². The smallest absolute Gasteiger partial charge is 0.137 e. The average molecular weight is 244 g/mol. The summed E-state index contributed by atoms with van der Waals surface area (Å²) < 4.78 is 0. The maximum absolute atomic E-state index is 11.9. The minimum atomic E-state index is -0.0244. The van der Waals surface area contributed by atoms with Crippen LogP contribution in [0.4, 0.5) is 0 Å². The topological polar surface area (TPSA) is 17.1 Å². The van der Waals surface area contributed by atoms with E-state index in [9.17, 15) is 4.79 Å². The van der Waals surface area contributed by atoms with Gasteiger partial charge in [-0.2, -0.15) is 11.3 Å². The van der Waals surface area contributed by atoms with E-state index in [1.165, 1.54) is 5.56 Å². The van der Waals surface area contributed by atoms with Crippen molar-refractivity contribution in [1.82, 2.24) is 0 Å². The first-order valence-corrected chi connectivity index (χ1v) is 6.72. The van der Waals surface area contributed by atoms with Crippen LogP contribution in [0.5, 0.6) is 0 Å². The second-order valence-electron chi connectivity index (χ2n) is 4.34. The van der Waals surface area contributed by atoms with Gasteiger partial charge in [-0.1, -0.05) is 37.3 Å². The molecule has 1 aromatic heterocycles. The summed E-state index contributed by atoms with van der Waals surface area (Å²) in [7, 11) is 0. The lowest BCUT2D eigenvalue weighted by molar-refractivity contribution is -0.118. The number of benzene rings is 1. The van der Waals surface area contributed by atoms with Crippen LogP contribution < -0.4 is 0 Å². The van der Waals surface area contributed by atoms with Crippen LogP contribution in [0.15, 0.2) is 47.2 Å². The molecule has 2 unspecified atom stereocenters. The van der Waals surface area contributed by atoms with Crippen molar-refractivity contribution in [2.75, 3.05) is 0 Å². The van der Waals surface area contributed by atoms with Crippen LogP contribution in [0.1, 0.15) is 36.8 Å². The Morgan fingerprint density at radius 1 is 1.12 bits per heavy atom. The highest BCUT2D eigenvalue weighted by atomic mass is 32.1. The van der Waals surface area contributed by atoms with Gasteiger partial charge in [0.05, 0.1) is 0 Å². The number of ketones is 1. The van der Waals surface area contributed by atoms with Gasteiger partial charge in [0.25, 0.3) is 0 Å². The zero-order chi connectivity index (χ0) is 12.3. The molecule has 0 radical (unpaired) electrons. The Morgan fingerprint density at radius 2 is 1.82 bits per heavy atom. The van der Waals surface area contributed by atoms with Crippen molar-refractivity contribution < 1.29 is 4.79 Å². The van der Waals surface area contributed by atoms with E-state index in [0.717, 1.165) is 5.56 Å². The van der Waals surface area contributed by atoms with Crippen LogP contribution in [-0.4, -0.2) is 5.78 Å². The van der Waals surface area contributed by atoms with Gasteiger partial charge in [-0.3, -0.25) is 4.79 Å². The first-order valence-electron chi connectivity index (χ1n) is 5.77. The molecule has 2 rings (SSSR count). The van der Waals surface area contributed by atoms with Crippen molar-refractivity contribution in [3.63, 3.8) is 0 Å². The zero-order valence-corrected chi connectivity index (χ0v) is 10.9. The van der Waals surface area contributed by atoms with E-state index in [4.69, 9.17) is 0 Å². The number of hydrogen-bond acceptors (Lipinski definition) is 2. The molecule has 1 aromatic carbocycles. The fraction of sp³-hybridized carbons (Fsp3) is 0.267. The number of thiophene rings is 1. The molecule has 1 nitrogen and oxygen atoms in total. The normalized spacial score (nSPS) is 14.2. The molecule has 2 heteroatoms. The number of carbonyl (C=O) groups is 1. The quantitative estimate of drug-likeness (QED) is 0.786. The Morgan fingerprint density at radius 3 is 2.35 bits per heavy atom. The Bertz CT molecular complexity index is 473. The Balaban J connectivity index is 2.32. The maximum atomic E-state index is 11.9. The van der Waals surface area contributed by atoms with Gasteiger partial charge in [0.1, 0.15) is 5.78 Å². The fourth-order valence-electron chi connectivity index (χ4n) is 2.28. The van der Waals surface area contributed by atoms with Crippen LogP contribution in [0, 0.1) is 0 Å². The van der Waals surface area contributed by atoms with Gasteiger partial charge >= 0.3 is 0 Å². The minimum absolute atomic E-state index is 0.0244. The lowest BCUT2D eigenvalue weighted by Gasteiger charge is -2.21. The van der Waals surface area contributed by atoms with Crippen molar-refractivity contribution >= 4 is 17.1 Å². The number of hydrogen-bond donors (Lipinski definition) is 0. The van der Waals surface area contributed by atoms with Gasteiger partial charge in [-0.05, 0) is 40.8 Å². The van der Waals surface area contributed by atoms with E-state index in [2.05, 4.69) is 30.5 Å². The van der Waals surface area contributed by atoms with E-state index < -0.39 is 0 Å². The summed E-state index contributed by atoms with van der Waals surface area (Å²) in [6.07, 6.45) is 0. The predicted molar refractivity (Wildman–Crippen MR) is 72.6 cm³/mol. The van der Waals surface area contributed by atoms with Crippen LogP contribution in [0.25, 0.3) is 0 Å². The Kier molecular flexibility index (Phi) is 3.75. The first kappa shape index (κ1) is 12.1. The molecule has 0 amide bonds. The van der Waals surface area contributed by atoms with Gasteiger partial charge < -0.3 is 0 Å². The van der Waals surface area contributed by atoms with Gasteiger partial charge in [0.2, 0.25) is 0 Å². The van der Waals surface area contributed by atoms with Crippen LogP contribution >= 0.6 is 11.3 Å². The SMILES string of the molecule is CC(=O)C(c1ccsc1)C(C)c1ccccc1. The molecule has 0 bridgehead atoms. The van der Waals surface area contributed by atoms with E-state index in [1.807, 2.05) is 23.6 Å². The highest BCUT2D eigenvalue weighted by molar-refractivity contribution is 7.08. The van der Waals surface area contributed by atoms with Gasteiger partial charge in [0.15, 0.2) is 0 Å². The number of Topliss-reactive ketones (excluding diaryl/α,β-unsaturated/α-hetero) is 1. The van der Waals surface area contributed by atoms with Gasteiger partial charge in [-0.15, -0.1) is 0 Å². The van der Waals surface area contributed by atoms with Crippen LogP contribution in [0.2, 0.25) is 0 Å². The van der Waals surface area contributed by atoms with Crippen molar-refractivity contribution in [3.8, 4) is 0 Å². The molecule has 0 aliphatic rings. The van der Waals surface area contributed by atoms with E-state index >= 15 is 0 Å². The average Bonchev–Trinajstić information content (AvgIpc) is 2.83. The highest BCUT2D eigenvalue weighted by Gasteiger charge is 2.25. The van der Waals surface area contributed by atoms with Crippen molar-refractivity contribution in [2.24, 2.45) is 0 Å². The summed E-state index contributed by atoms with van der Waals surface area (Å²) in [6, 6.07) is 12.3. The Hall–Kier alpha value is -1.41. The van der Waals surface area contributed by atoms with Gasteiger partial charge in [-0.25, -0.2) is 0 Å². The molecule has 0 saturated carbocycles. The Labute approximate surface area is 106 Å². The molecule has 0 saturated heterocycles. The standard InChI is InChI=1S/C15H16OS/c1-11(13-6-4-3-5-7-13)15(12(2)16)14-8-9-17-10-14/h3-11,15H,1-2H3. The highest BCUT2D eigenvalue weighted by Crippen LogP contribution is 2.34. The molecular weight excluding hydrogens is 228 g/mol.